The Balaban J connectivity index is 2.70. The number of quaternary nitrogens is 1. The van der Waals surface area contributed by atoms with Gasteiger partial charge in [0.15, 0.2) is 0 Å². The van der Waals surface area contributed by atoms with E-state index in [0.717, 1.165) is 6.04 Å². The Labute approximate surface area is 83.1 Å². The molecule has 78 valence electrons. The predicted octanol–water partition coefficient (Wildman–Crippen LogP) is 1.91. The van der Waals surface area contributed by atoms with Crippen LogP contribution in [0.1, 0.15) is 34.1 Å². The molecule has 1 saturated heterocycles. The summed E-state index contributed by atoms with van der Waals surface area (Å²) in [6, 6.07) is 0.884. The third-order valence-electron chi connectivity index (χ3n) is 3.90. The van der Waals surface area contributed by atoms with E-state index in [1.54, 1.807) is 0 Å². The predicted molar refractivity (Wildman–Crippen MR) is 57.5 cm³/mol. The fourth-order valence-corrected chi connectivity index (χ4v) is 2.73. The van der Waals surface area contributed by atoms with Crippen LogP contribution in [0.4, 0.5) is 0 Å². The topological polar surface area (TPSA) is 3.24 Å². The molecule has 0 aliphatic carbocycles. The van der Waals surface area contributed by atoms with Crippen molar-refractivity contribution in [3.05, 3.63) is 0 Å². The summed E-state index contributed by atoms with van der Waals surface area (Å²) in [5.74, 6) is 0. The third kappa shape index (κ3) is 1.89. The summed E-state index contributed by atoms with van der Waals surface area (Å²) in [7, 11) is 0. The molecule has 1 aliphatic rings. The summed E-state index contributed by atoms with van der Waals surface area (Å²) in [6.07, 6.45) is 1.33. The van der Waals surface area contributed by atoms with Crippen LogP contribution in [0.3, 0.4) is 0 Å². The third-order valence-corrected chi connectivity index (χ3v) is 3.90. The molecule has 0 amide bonds. The van der Waals surface area contributed by atoms with Crippen molar-refractivity contribution in [1.29, 1.82) is 0 Å². The van der Waals surface area contributed by atoms with Crippen LogP contribution in [0.15, 0.2) is 0 Å². The Kier molecular flexibility index (Phi) is 3.74. The maximum Gasteiger partial charge on any atom is 0.135 e. The summed E-state index contributed by atoms with van der Waals surface area (Å²) in [5.41, 5.74) is 0. The van der Waals surface area contributed by atoms with Crippen LogP contribution in [-0.4, -0.2) is 48.3 Å². The van der Waals surface area contributed by atoms with Gasteiger partial charge in [0.1, 0.15) is 12.7 Å². The van der Waals surface area contributed by atoms with Gasteiger partial charge < -0.3 is 4.48 Å². The van der Waals surface area contributed by atoms with Crippen molar-refractivity contribution in [2.75, 3.05) is 32.8 Å². The zero-order valence-electron chi connectivity index (χ0n) is 9.71. The summed E-state index contributed by atoms with van der Waals surface area (Å²) in [6.45, 7) is 15.7. The molecule has 0 bridgehead atoms. The highest BCUT2D eigenvalue weighted by Gasteiger charge is 2.41. The van der Waals surface area contributed by atoms with Crippen molar-refractivity contribution in [3.63, 3.8) is 0 Å². The average molecular weight is 185 g/mol. The molecule has 0 spiro atoms. The molecule has 13 heavy (non-hydrogen) atoms. The Bertz CT molecular complexity index is 152. The lowest BCUT2D eigenvalue weighted by molar-refractivity contribution is -0.939. The number of nitrogens with zero attached hydrogens (tertiary/aromatic N) is 2. The zero-order valence-corrected chi connectivity index (χ0v) is 9.71. The first-order valence-electron chi connectivity index (χ1n) is 5.80. The van der Waals surface area contributed by atoms with Gasteiger partial charge in [-0.2, -0.15) is 0 Å². The number of hydrogen-bond donors (Lipinski definition) is 0. The molecular formula is C11H25N2+. The van der Waals surface area contributed by atoms with E-state index >= 15 is 0 Å². The molecule has 0 aromatic rings. The summed E-state index contributed by atoms with van der Waals surface area (Å²) in [4.78, 5) is 2.60. The van der Waals surface area contributed by atoms with E-state index in [9.17, 15) is 0 Å². The Morgan fingerprint density at radius 1 is 1.15 bits per heavy atom. The highest BCUT2D eigenvalue weighted by molar-refractivity contribution is 4.70. The van der Waals surface area contributed by atoms with Gasteiger partial charge in [0.2, 0.25) is 0 Å². The van der Waals surface area contributed by atoms with Crippen molar-refractivity contribution < 1.29 is 4.48 Å². The SMILES string of the molecule is CCC1CN(CC)C[N+]1(CC)CC. The van der Waals surface area contributed by atoms with Crippen LogP contribution in [0, 0.1) is 0 Å². The lowest BCUT2D eigenvalue weighted by atomic mass is 10.1. The highest BCUT2D eigenvalue weighted by atomic mass is 15.5. The van der Waals surface area contributed by atoms with Crippen LogP contribution in [0.25, 0.3) is 0 Å². The summed E-state index contributed by atoms with van der Waals surface area (Å²) >= 11 is 0. The first kappa shape index (κ1) is 11.0. The van der Waals surface area contributed by atoms with Crippen molar-refractivity contribution >= 4 is 0 Å². The number of hydrogen-bond acceptors (Lipinski definition) is 1. The van der Waals surface area contributed by atoms with Crippen LogP contribution >= 0.6 is 0 Å². The van der Waals surface area contributed by atoms with Crippen molar-refractivity contribution in [3.8, 4) is 0 Å². The molecule has 1 fully saturated rings. The Morgan fingerprint density at radius 3 is 2.08 bits per heavy atom. The van der Waals surface area contributed by atoms with Gasteiger partial charge in [-0.25, -0.2) is 0 Å². The quantitative estimate of drug-likeness (QED) is 0.605. The van der Waals surface area contributed by atoms with Crippen LogP contribution in [-0.2, 0) is 0 Å². The van der Waals surface area contributed by atoms with Crippen molar-refractivity contribution in [2.24, 2.45) is 0 Å². The van der Waals surface area contributed by atoms with Gasteiger partial charge in [-0.1, -0.05) is 13.8 Å². The van der Waals surface area contributed by atoms with Crippen molar-refractivity contribution in [1.82, 2.24) is 4.90 Å². The molecule has 1 atom stereocenters. The minimum absolute atomic E-state index is 0.884. The van der Waals surface area contributed by atoms with E-state index in [4.69, 9.17) is 0 Å². The molecule has 0 aromatic heterocycles. The summed E-state index contributed by atoms with van der Waals surface area (Å²) < 4.78 is 1.32. The van der Waals surface area contributed by atoms with Gasteiger partial charge in [-0.15, -0.1) is 0 Å². The van der Waals surface area contributed by atoms with Crippen molar-refractivity contribution in [2.45, 2.75) is 40.2 Å². The standard InChI is InChI=1S/C11H25N2/c1-5-11-9-12(6-2)10-13(11,7-3)8-4/h11H,5-10H2,1-4H3/q+1. The molecule has 1 rings (SSSR count). The second-order valence-electron chi connectivity index (χ2n) is 4.22. The second kappa shape index (κ2) is 4.43. The monoisotopic (exact) mass is 185 g/mol. The van der Waals surface area contributed by atoms with E-state index in [0.29, 0.717) is 0 Å². The zero-order chi connectivity index (χ0) is 9.90. The maximum absolute atomic E-state index is 2.60. The summed E-state index contributed by atoms with van der Waals surface area (Å²) in [5, 5.41) is 0. The van der Waals surface area contributed by atoms with Gasteiger partial charge in [0.25, 0.3) is 0 Å². The van der Waals surface area contributed by atoms with E-state index in [-0.39, 0.29) is 0 Å². The Hall–Kier alpha value is -0.0800. The molecule has 0 N–H and O–H groups in total. The minimum Gasteiger partial charge on any atom is -0.308 e. The van der Waals surface area contributed by atoms with E-state index in [1.165, 1.54) is 43.8 Å². The van der Waals surface area contributed by atoms with Gasteiger partial charge in [-0.05, 0) is 20.3 Å². The van der Waals surface area contributed by atoms with E-state index in [1.807, 2.05) is 0 Å². The number of rotatable bonds is 4. The fraction of sp³-hybridized carbons (Fsp3) is 1.00. The average Bonchev–Trinajstić information content (AvgIpc) is 2.56. The van der Waals surface area contributed by atoms with Crippen LogP contribution < -0.4 is 0 Å². The molecular weight excluding hydrogens is 160 g/mol. The molecule has 2 nitrogen and oxygen atoms in total. The van der Waals surface area contributed by atoms with Gasteiger partial charge in [0, 0.05) is 6.54 Å². The largest absolute Gasteiger partial charge is 0.308 e. The van der Waals surface area contributed by atoms with E-state index in [2.05, 4.69) is 32.6 Å². The lowest BCUT2D eigenvalue weighted by Gasteiger charge is -2.37. The number of likely N-dealkylation sites (N-methyl/N-ethyl adjacent to an activating group) is 2. The van der Waals surface area contributed by atoms with Gasteiger partial charge in [-0.3, -0.25) is 4.90 Å². The van der Waals surface area contributed by atoms with Crippen LogP contribution in [0.5, 0.6) is 0 Å². The molecule has 0 aromatic carbocycles. The van der Waals surface area contributed by atoms with E-state index < -0.39 is 0 Å². The highest BCUT2D eigenvalue weighted by Crippen LogP contribution is 2.24. The molecule has 0 saturated carbocycles. The fourth-order valence-electron chi connectivity index (χ4n) is 2.73. The maximum atomic E-state index is 2.60. The second-order valence-corrected chi connectivity index (χ2v) is 4.22. The van der Waals surface area contributed by atoms with Gasteiger partial charge in [0.05, 0.1) is 19.6 Å². The molecule has 1 heterocycles. The molecule has 2 heteroatoms. The van der Waals surface area contributed by atoms with Gasteiger partial charge >= 0.3 is 0 Å². The first-order chi connectivity index (χ1) is 6.22. The Morgan fingerprint density at radius 2 is 1.77 bits per heavy atom. The normalized spacial score (nSPS) is 28.2. The molecule has 0 radical (unpaired) electrons. The molecule has 1 aliphatic heterocycles. The van der Waals surface area contributed by atoms with Crippen LogP contribution in [0.2, 0.25) is 0 Å². The lowest BCUT2D eigenvalue weighted by Crippen LogP contribution is -2.52. The molecule has 1 unspecified atom stereocenters. The minimum atomic E-state index is 0.884. The smallest absolute Gasteiger partial charge is 0.135 e. The first-order valence-corrected chi connectivity index (χ1v) is 5.80.